The van der Waals surface area contributed by atoms with Gasteiger partial charge in [-0.2, -0.15) is 0 Å². The zero-order valence-corrected chi connectivity index (χ0v) is 11.8. The first-order valence-electron chi connectivity index (χ1n) is 6.92. The van der Waals surface area contributed by atoms with Gasteiger partial charge in [-0.1, -0.05) is 36.4 Å². The van der Waals surface area contributed by atoms with E-state index in [-0.39, 0.29) is 0 Å². The van der Waals surface area contributed by atoms with Crippen LogP contribution >= 0.6 is 0 Å². The second kappa shape index (κ2) is 7.05. The van der Waals surface area contributed by atoms with Gasteiger partial charge >= 0.3 is 0 Å². The largest absolute Gasteiger partial charge is 0.310 e. The Labute approximate surface area is 115 Å². The summed E-state index contributed by atoms with van der Waals surface area (Å²) in [5.41, 5.74) is 3.89. The average molecular weight is 254 g/mol. The molecular formula is C17H22N2. The van der Waals surface area contributed by atoms with Crippen molar-refractivity contribution in [3.8, 4) is 0 Å². The molecule has 1 unspecified atom stereocenters. The Balaban J connectivity index is 1.74. The van der Waals surface area contributed by atoms with Gasteiger partial charge in [0, 0.05) is 25.0 Å². The van der Waals surface area contributed by atoms with Gasteiger partial charge in [0.2, 0.25) is 0 Å². The minimum absolute atomic E-state index is 0.515. The van der Waals surface area contributed by atoms with Crippen LogP contribution < -0.4 is 5.32 Å². The number of nitrogens with zero attached hydrogens (tertiary/aromatic N) is 1. The second-order valence-corrected chi connectivity index (χ2v) is 5.18. The first kappa shape index (κ1) is 13.8. The summed E-state index contributed by atoms with van der Waals surface area (Å²) in [5, 5.41) is 3.56. The van der Waals surface area contributed by atoms with Crippen LogP contribution in [0.25, 0.3) is 0 Å². The number of nitrogens with one attached hydrogen (secondary N) is 1. The molecule has 2 aromatic rings. The molecule has 0 amide bonds. The summed E-state index contributed by atoms with van der Waals surface area (Å²) in [6.45, 7) is 5.21. The average Bonchev–Trinajstić information content (AvgIpc) is 2.44. The van der Waals surface area contributed by atoms with Crippen molar-refractivity contribution in [2.24, 2.45) is 0 Å². The molecule has 0 aliphatic carbocycles. The van der Waals surface area contributed by atoms with Crippen molar-refractivity contribution in [2.75, 3.05) is 0 Å². The van der Waals surface area contributed by atoms with Crippen molar-refractivity contribution in [1.29, 1.82) is 0 Å². The summed E-state index contributed by atoms with van der Waals surface area (Å²) in [6.07, 6.45) is 6.11. The molecule has 19 heavy (non-hydrogen) atoms. The molecule has 0 radical (unpaired) electrons. The molecule has 1 aromatic heterocycles. The third kappa shape index (κ3) is 4.84. The van der Waals surface area contributed by atoms with Gasteiger partial charge in [0.05, 0.1) is 0 Å². The third-order valence-electron chi connectivity index (χ3n) is 3.30. The molecule has 2 nitrogen and oxygen atoms in total. The molecule has 0 spiro atoms. The van der Waals surface area contributed by atoms with E-state index in [4.69, 9.17) is 0 Å². The molecule has 1 N–H and O–H groups in total. The number of hydrogen-bond donors (Lipinski definition) is 1. The molecule has 0 aliphatic rings. The van der Waals surface area contributed by atoms with Crippen molar-refractivity contribution in [3.05, 3.63) is 65.5 Å². The molecule has 2 rings (SSSR count). The summed E-state index contributed by atoms with van der Waals surface area (Å²) in [4.78, 5) is 4.22. The van der Waals surface area contributed by atoms with Crippen LogP contribution in [0.5, 0.6) is 0 Å². The van der Waals surface area contributed by atoms with E-state index >= 15 is 0 Å². The van der Waals surface area contributed by atoms with E-state index < -0.39 is 0 Å². The Bertz CT molecular complexity index is 494. The lowest BCUT2D eigenvalue weighted by Gasteiger charge is -2.14. The summed E-state index contributed by atoms with van der Waals surface area (Å²) >= 11 is 0. The molecule has 2 heteroatoms. The number of benzene rings is 1. The van der Waals surface area contributed by atoms with Gasteiger partial charge in [-0.05, 0) is 43.4 Å². The van der Waals surface area contributed by atoms with Crippen molar-refractivity contribution in [2.45, 2.75) is 39.3 Å². The maximum Gasteiger partial charge on any atom is 0.0313 e. The standard InChI is InChI=1S/C17H22N2/c1-14-10-17(12-18-11-14)13-19-15(2)8-9-16-6-4-3-5-7-16/h3-7,10-12,15,19H,8-9,13H2,1-2H3. The quantitative estimate of drug-likeness (QED) is 0.853. The van der Waals surface area contributed by atoms with E-state index in [0.717, 1.165) is 19.4 Å². The Morgan fingerprint density at radius 3 is 2.63 bits per heavy atom. The minimum Gasteiger partial charge on any atom is -0.310 e. The number of pyridine rings is 1. The van der Waals surface area contributed by atoms with Crippen molar-refractivity contribution in [3.63, 3.8) is 0 Å². The SMILES string of the molecule is Cc1cncc(CNC(C)CCc2ccccc2)c1. The zero-order valence-electron chi connectivity index (χ0n) is 11.8. The molecule has 1 aromatic carbocycles. The van der Waals surface area contributed by atoms with Gasteiger partial charge < -0.3 is 5.32 Å². The first-order chi connectivity index (χ1) is 9.24. The fourth-order valence-electron chi connectivity index (χ4n) is 2.14. The highest BCUT2D eigenvalue weighted by Gasteiger charge is 2.02. The first-order valence-corrected chi connectivity index (χ1v) is 6.92. The van der Waals surface area contributed by atoms with Crippen molar-refractivity contribution >= 4 is 0 Å². The van der Waals surface area contributed by atoms with Crippen LogP contribution in [-0.4, -0.2) is 11.0 Å². The van der Waals surface area contributed by atoms with Crippen LogP contribution in [0.4, 0.5) is 0 Å². The highest BCUT2D eigenvalue weighted by atomic mass is 14.9. The minimum atomic E-state index is 0.515. The van der Waals surface area contributed by atoms with Gasteiger partial charge in [-0.15, -0.1) is 0 Å². The maximum atomic E-state index is 4.22. The number of aromatic nitrogens is 1. The maximum absolute atomic E-state index is 4.22. The lowest BCUT2D eigenvalue weighted by Crippen LogP contribution is -2.26. The Morgan fingerprint density at radius 1 is 1.11 bits per heavy atom. The molecule has 0 saturated carbocycles. The fourth-order valence-corrected chi connectivity index (χ4v) is 2.14. The zero-order chi connectivity index (χ0) is 13.5. The van der Waals surface area contributed by atoms with E-state index in [2.05, 4.69) is 60.5 Å². The molecule has 0 bridgehead atoms. The summed E-state index contributed by atoms with van der Waals surface area (Å²) in [7, 11) is 0. The van der Waals surface area contributed by atoms with E-state index in [1.165, 1.54) is 16.7 Å². The van der Waals surface area contributed by atoms with Crippen molar-refractivity contribution < 1.29 is 0 Å². The Morgan fingerprint density at radius 2 is 1.89 bits per heavy atom. The highest BCUT2D eigenvalue weighted by Crippen LogP contribution is 2.06. The predicted molar refractivity (Wildman–Crippen MR) is 80.0 cm³/mol. The summed E-state index contributed by atoms with van der Waals surface area (Å²) < 4.78 is 0. The lowest BCUT2D eigenvalue weighted by molar-refractivity contribution is 0.513. The molecule has 100 valence electrons. The van der Waals surface area contributed by atoms with Crippen LogP contribution in [0.2, 0.25) is 0 Å². The van der Waals surface area contributed by atoms with Gasteiger partial charge in [-0.25, -0.2) is 0 Å². The van der Waals surface area contributed by atoms with Crippen LogP contribution in [0, 0.1) is 6.92 Å². The number of rotatable bonds is 6. The topological polar surface area (TPSA) is 24.9 Å². The highest BCUT2D eigenvalue weighted by molar-refractivity contribution is 5.17. The second-order valence-electron chi connectivity index (χ2n) is 5.18. The van der Waals surface area contributed by atoms with Gasteiger partial charge in [-0.3, -0.25) is 4.98 Å². The summed E-state index contributed by atoms with van der Waals surface area (Å²) in [6, 6.07) is 13.4. The van der Waals surface area contributed by atoms with Gasteiger partial charge in [0.25, 0.3) is 0 Å². The van der Waals surface area contributed by atoms with Crippen LogP contribution in [-0.2, 0) is 13.0 Å². The molecule has 1 atom stereocenters. The third-order valence-corrected chi connectivity index (χ3v) is 3.30. The van der Waals surface area contributed by atoms with E-state index in [9.17, 15) is 0 Å². The molecule has 0 fully saturated rings. The Kier molecular flexibility index (Phi) is 5.10. The molecule has 1 heterocycles. The normalized spacial score (nSPS) is 12.3. The van der Waals surface area contributed by atoms with Crippen LogP contribution in [0.15, 0.2) is 48.8 Å². The van der Waals surface area contributed by atoms with E-state index in [1.54, 1.807) is 0 Å². The van der Waals surface area contributed by atoms with Gasteiger partial charge in [0.15, 0.2) is 0 Å². The van der Waals surface area contributed by atoms with Crippen molar-refractivity contribution in [1.82, 2.24) is 10.3 Å². The van der Waals surface area contributed by atoms with E-state index in [0.29, 0.717) is 6.04 Å². The predicted octanol–water partition coefficient (Wildman–Crippen LogP) is 3.50. The molecule has 0 saturated heterocycles. The Hall–Kier alpha value is -1.67. The molecule has 0 aliphatic heterocycles. The summed E-state index contributed by atoms with van der Waals surface area (Å²) in [5.74, 6) is 0. The number of aryl methyl sites for hydroxylation is 2. The van der Waals surface area contributed by atoms with E-state index in [1.807, 2.05) is 12.4 Å². The lowest BCUT2D eigenvalue weighted by atomic mass is 10.1. The fraction of sp³-hybridized carbons (Fsp3) is 0.353. The van der Waals surface area contributed by atoms with Crippen LogP contribution in [0.3, 0.4) is 0 Å². The monoisotopic (exact) mass is 254 g/mol. The molecular weight excluding hydrogens is 232 g/mol. The van der Waals surface area contributed by atoms with Gasteiger partial charge in [0.1, 0.15) is 0 Å². The number of hydrogen-bond acceptors (Lipinski definition) is 2. The van der Waals surface area contributed by atoms with Crippen LogP contribution in [0.1, 0.15) is 30.0 Å². The smallest absolute Gasteiger partial charge is 0.0313 e.